The normalized spacial score (nSPS) is 25.1. The summed E-state index contributed by atoms with van der Waals surface area (Å²) < 4.78 is 5.04. The van der Waals surface area contributed by atoms with Crippen molar-refractivity contribution >= 4 is 0 Å². The molecule has 0 aromatic carbocycles. The highest BCUT2D eigenvalue weighted by atomic mass is 16.6. The van der Waals surface area contributed by atoms with Crippen LogP contribution in [0.4, 0.5) is 0 Å². The maximum Gasteiger partial charge on any atom is 0.103 e. The molecule has 0 spiro atoms. The van der Waals surface area contributed by atoms with Crippen LogP contribution in [-0.4, -0.2) is 36.5 Å². The van der Waals surface area contributed by atoms with Crippen LogP contribution in [0.1, 0.15) is 20.8 Å². The molecule has 0 bridgehead atoms. The molecule has 0 aromatic heterocycles. The van der Waals surface area contributed by atoms with Crippen molar-refractivity contribution in [3.8, 4) is 0 Å². The molecule has 0 atom stereocenters. The number of ether oxygens (including phenoxy) is 1. The Bertz CT molecular complexity index is 134. The fourth-order valence-electron chi connectivity index (χ4n) is 1.31. The standard InChI is InChI=1S/C8H17NO2/c1-8(2,3)9(10)4-6-11-7-5-9/h4-7H2,1-3H3. The van der Waals surface area contributed by atoms with Gasteiger partial charge in [-0.15, -0.1) is 0 Å². The molecule has 0 amide bonds. The Morgan fingerprint density at radius 3 is 1.91 bits per heavy atom. The summed E-state index contributed by atoms with van der Waals surface area (Å²) in [5, 5.41) is 12.0. The van der Waals surface area contributed by atoms with Crippen LogP contribution in [0.2, 0.25) is 0 Å². The summed E-state index contributed by atoms with van der Waals surface area (Å²) in [7, 11) is 0. The maximum atomic E-state index is 12.0. The average Bonchev–Trinajstić information content (AvgIpc) is 1.87. The molecule has 1 aliphatic heterocycles. The van der Waals surface area contributed by atoms with Crippen molar-refractivity contribution in [3.63, 3.8) is 0 Å². The van der Waals surface area contributed by atoms with E-state index in [1.807, 2.05) is 20.8 Å². The number of morpholine rings is 1. The molecule has 1 aliphatic rings. The van der Waals surface area contributed by atoms with E-state index in [0.717, 1.165) is 0 Å². The molecular formula is C8H17NO2. The molecule has 66 valence electrons. The summed E-state index contributed by atoms with van der Waals surface area (Å²) >= 11 is 0. The van der Waals surface area contributed by atoms with Crippen LogP contribution in [0.3, 0.4) is 0 Å². The molecule has 3 nitrogen and oxygen atoms in total. The van der Waals surface area contributed by atoms with E-state index in [0.29, 0.717) is 26.3 Å². The first kappa shape index (κ1) is 8.97. The first-order chi connectivity index (χ1) is 4.96. The van der Waals surface area contributed by atoms with Gasteiger partial charge in [0.2, 0.25) is 0 Å². The minimum absolute atomic E-state index is 0.104. The van der Waals surface area contributed by atoms with Gasteiger partial charge in [0.1, 0.15) is 13.1 Å². The van der Waals surface area contributed by atoms with Gasteiger partial charge in [0.25, 0.3) is 0 Å². The SMILES string of the molecule is CC(C)(C)[N+]1([O-])CCOCC1. The van der Waals surface area contributed by atoms with Gasteiger partial charge in [0.05, 0.1) is 18.8 Å². The number of nitrogens with zero attached hydrogens (tertiary/aromatic N) is 1. The highest BCUT2D eigenvalue weighted by Gasteiger charge is 2.33. The van der Waals surface area contributed by atoms with Crippen LogP contribution >= 0.6 is 0 Å². The molecule has 0 unspecified atom stereocenters. The fourth-order valence-corrected chi connectivity index (χ4v) is 1.31. The lowest BCUT2D eigenvalue weighted by atomic mass is 10.0. The molecular weight excluding hydrogens is 142 g/mol. The number of quaternary nitrogens is 1. The lowest BCUT2D eigenvalue weighted by Crippen LogP contribution is -2.60. The van der Waals surface area contributed by atoms with Crippen molar-refractivity contribution in [1.82, 2.24) is 0 Å². The zero-order valence-corrected chi connectivity index (χ0v) is 7.59. The lowest BCUT2D eigenvalue weighted by molar-refractivity contribution is -0.933. The molecule has 11 heavy (non-hydrogen) atoms. The van der Waals surface area contributed by atoms with E-state index in [4.69, 9.17) is 4.74 Å². The minimum atomic E-state index is -0.191. The van der Waals surface area contributed by atoms with Crippen LogP contribution in [0.15, 0.2) is 0 Å². The number of hydrogen-bond donors (Lipinski definition) is 0. The summed E-state index contributed by atoms with van der Waals surface area (Å²) in [6, 6.07) is 0. The van der Waals surface area contributed by atoms with Crippen LogP contribution in [0.25, 0.3) is 0 Å². The van der Waals surface area contributed by atoms with E-state index >= 15 is 0 Å². The molecule has 0 aromatic rings. The number of hydroxylamine groups is 3. The van der Waals surface area contributed by atoms with Gasteiger partial charge in [-0.2, -0.15) is 0 Å². The van der Waals surface area contributed by atoms with E-state index in [9.17, 15) is 5.21 Å². The third-order valence-electron chi connectivity index (χ3n) is 2.42. The predicted octanol–water partition coefficient (Wildman–Crippen LogP) is 1.13. The molecule has 0 aliphatic carbocycles. The van der Waals surface area contributed by atoms with Gasteiger partial charge in [-0.05, 0) is 20.8 Å². The fraction of sp³-hybridized carbons (Fsp3) is 1.00. The Balaban J connectivity index is 2.64. The van der Waals surface area contributed by atoms with Gasteiger partial charge >= 0.3 is 0 Å². The van der Waals surface area contributed by atoms with Gasteiger partial charge in [-0.25, -0.2) is 0 Å². The average molecular weight is 159 g/mol. The molecule has 1 heterocycles. The van der Waals surface area contributed by atoms with Crippen molar-refractivity contribution in [1.29, 1.82) is 0 Å². The first-order valence-corrected chi connectivity index (χ1v) is 4.12. The Hall–Kier alpha value is -0.120. The van der Waals surface area contributed by atoms with Crippen molar-refractivity contribution in [2.24, 2.45) is 0 Å². The summed E-state index contributed by atoms with van der Waals surface area (Å²) in [6.07, 6.45) is 0. The van der Waals surface area contributed by atoms with Crippen LogP contribution < -0.4 is 0 Å². The summed E-state index contributed by atoms with van der Waals surface area (Å²) in [6.45, 7) is 8.40. The molecule has 3 heteroatoms. The first-order valence-electron chi connectivity index (χ1n) is 4.12. The highest BCUT2D eigenvalue weighted by molar-refractivity contribution is 4.66. The highest BCUT2D eigenvalue weighted by Crippen LogP contribution is 2.24. The molecule has 1 fully saturated rings. The number of rotatable bonds is 0. The molecule has 1 rings (SSSR count). The molecule has 0 saturated carbocycles. The van der Waals surface area contributed by atoms with Gasteiger partial charge in [0.15, 0.2) is 0 Å². The van der Waals surface area contributed by atoms with Crippen LogP contribution in [0, 0.1) is 5.21 Å². The number of hydrogen-bond acceptors (Lipinski definition) is 2. The smallest absolute Gasteiger partial charge is 0.103 e. The van der Waals surface area contributed by atoms with E-state index in [1.54, 1.807) is 0 Å². The quantitative estimate of drug-likeness (QED) is 0.392. The predicted molar refractivity (Wildman–Crippen MR) is 43.9 cm³/mol. The van der Waals surface area contributed by atoms with E-state index in [1.165, 1.54) is 0 Å². The second-order valence-corrected chi connectivity index (χ2v) is 4.12. The van der Waals surface area contributed by atoms with Crippen molar-refractivity contribution < 1.29 is 9.38 Å². The molecule has 0 radical (unpaired) electrons. The van der Waals surface area contributed by atoms with Gasteiger partial charge in [-0.1, -0.05) is 0 Å². The summed E-state index contributed by atoms with van der Waals surface area (Å²) in [5.41, 5.74) is -0.191. The van der Waals surface area contributed by atoms with Gasteiger partial charge < -0.3 is 14.6 Å². The minimum Gasteiger partial charge on any atom is -0.632 e. The van der Waals surface area contributed by atoms with E-state index in [-0.39, 0.29) is 10.2 Å². The molecule has 1 saturated heterocycles. The zero-order valence-electron chi connectivity index (χ0n) is 7.59. The Morgan fingerprint density at radius 1 is 1.18 bits per heavy atom. The zero-order chi connectivity index (χ0) is 8.54. The Labute approximate surface area is 68.1 Å². The van der Waals surface area contributed by atoms with Crippen molar-refractivity contribution in [2.45, 2.75) is 26.3 Å². The van der Waals surface area contributed by atoms with Crippen LogP contribution in [-0.2, 0) is 4.74 Å². The Morgan fingerprint density at radius 2 is 1.64 bits per heavy atom. The summed E-state index contributed by atoms with van der Waals surface area (Å²) in [5.74, 6) is 0. The topological polar surface area (TPSA) is 32.3 Å². The third kappa shape index (κ3) is 1.72. The van der Waals surface area contributed by atoms with Crippen LogP contribution in [0.5, 0.6) is 0 Å². The van der Waals surface area contributed by atoms with E-state index < -0.39 is 0 Å². The van der Waals surface area contributed by atoms with Crippen molar-refractivity contribution in [2.75, 3.05) is 26.3 Å². The lowest BCUT2D eigenvalue weighted by Gasteiger charge is -2.54. The van der Waals surface area contributed by atoms with Gasteiger partial charge in [0, 0.05) is 0 Å². The second kappa shape index (κ2) is 2.73. The maximum absolute atomic E-state index is 12.0. The second-order valence-electron chi connectivity index (χ2n) is 4.12. The summed E-state index contributed by atoms with van der Waals surface area (Å²) in [4.78, 5) is 0. The largest absolute Gasteiger partial charge is 0.632 e. The monoisotopic (exact) mass is 159 g/mol. The Kier molecular flexibility index (Phi) is 2.23. The third-order valence-corrected chi connectivity index (χ3v) is 2.42. The van der Waals surface area contributed by atoms with Gasteiger partial charge in [-0.3, -0.25) is 0 Å². The molecule has 0 N–H and O–H groups in total. The van der Waals surface area contributed by atoms with E-state index in [2.05, 4.69) is 0 Å². The van der Waals surface area contributed by atoms with Crippen molar-refractivity contribution in [3.05, 3.63) is 5.21 Å².